The summed E-state index contributed by atoms with van der Waals surface area (Å²) < 4.78 is 0.994. The van der Waals surface area contributed by atoms with Crippen LogP contribution in [0, 0.1) is 0 Å². The zero-order chi connectivity index (χ0) is 10.7. The van der Waals surface area contributed by atoms with Crippen LogP contribution in [0.1, 0.15) is 24.8 Å². The Morgan fingerprint density at radius 3 is 2.80 bits per heavy atom. The van der Waals surface area contributed by atoms with E-state index in [1.165, 1.54) is 6.42 Å². The van der Waals surface area contributed by atoms with Gasteiger partial charge in [0.05, 0.1) is 6.61 Å². The largest absolute Gasteiger partial charge is 0.394 e. The van der Waals surface area contributed by atoms with E-state index in [9.17, 15) is 5.11 Å². The summed E-state index contributed by atoms with van der Waals surface area (Å²) in [6.07, 6.45) is 6.98. The number of aliphatic hydroxyl groups excluding tert-OH is 1. The molecule has 1 fully saturated rings. The number of hydrogen-bond donors (Lipinski definition) is 2. The predicted molar refractivity (Wildman–Crippen MR) is 62.4 cm³/mol. The van der Waals surface area contributed by atoms with Crippen molar-refractivity contribution in [1.82, 2.24) is 10.3 Å². The molecule has 15 heavy (non-hydrogen) atoms. The van der Waals surface area contributed by atoms with Crippen LogP contribution in [-0.2, 0) is 6.54 Å². The summed E-state index contributed by atoms with van der Waals surface area (Å²) in [6.45, 7) is 1.00. The van der Waals surface area contributed by atoms with Gasteiger partial charge in [-0.1, -0.05) is 0 Å². The smallest absolute Gasteiger partial charge is 0.0613 e. The fraction of sp³-hybridized carbons (Fsp3) is 0.545. The highest BCUT2D eigenvalue weighted by Crippen LogP contribution is 2.31. The fourth-order valence-corrected chi connectivity index (χ4v) is 2.25. The molecule has 2 rings (SSSR count). The first-order valence-electron chi connectivity index (χ1n) is 5.19. The molecular weight excluding hydrogens is 256 g/mol. The van der Waals surface area contributed by atoms with Crippen LogP contribution in [-0.4, -0.2) is 22.2 Å². The number of pyridine rings is 1. The maximum atomic E-state index is 9.28. The van der Waals surface area contributed by atoms with E-state index in [-0.39, 0.29) is 12.1 Å². The lowest BCUT2D eigenvalue weighted by atomic mass is 9.77. The fourth-order valence-electron chi connectivity index (χ4n) is 1.84. The molecule has 1 aromatic heterocycles. The van der Waals surface area contributed by atoms with Gasteiger partial charge in [-0.05, 0) is 46.8 Å². The van der Waals surface area contributed by atoms with Crippen molar-refractivity contribution in [3.8, 4) is 0 Å². The summed E-state index contributed by atoms with van der Waals surface area (Å²) in [7, 11) is 0. The van der Waals surface area contributed by atoms with Gasteiger partial charge < -0.3 is 10.4 Å². The normalized spacial score (nSPS) is 18.5. The SMILES string of the molecule is OCC1(NCc2cncc(Br)c2)CCC1. The Morgan fingerprint density at radius 1 is 1.47 bits per heavy atom. The lowest BCUT2D eigenvalue weighted by molar-refractivity contribution is 0.0872. The molecule has 0 amide bonds. The second-order valence-electron chi connectivity index (χ2n) is 4.16. The molecule has 0 radical (unpaired) electrons. The summed E-state index contributed by atoms with van der Waals surface area (Å²) in [5.74, 6) is 0. The molecule has 0 atom stereocenters. The van der Waals surface area contributed by atoms with Gasteiger partial charge >= 0.3 is 0 Å². The zero-order valence-electron chi connectivity index (χ0n) is 8.54. The number of aromatic nitrogens is 1. The van der Waals surface area contributed by atoms with E-state index < -0.39 is 0 Å². The van der Waals surface area contributed by atoms with E-state index in [0.29, 0.717) is 0 Å². The third-order valence-corrected chi connectivity index (χ3v) is 3.48. The van der Waals surface area contributed by atoms with Crippen LogP contribution in [0.25, 0.3) is 0 Å². The molecule has 4 heteroatoms. The topological polar surface area (TPSA) is 45.1 Å². The quantitative estimate of drug-likeness (QED) is 0.878. The number of rotatable bonds is 4. The Labute approximate surface area is 98.0 Å². The van der Waals surface area contributed by atoms with Crippen molar-refractivity contribution in [3.05, 3.63) is 28.5 Å². The Kier molecular flexibility index (Phi) is 3.38. The molecule has 0 aliphatic heterocycles. The Bertz CT molecular complexity index is 334. The van der Waals surface area contributed by atoms with Crippen LogP contribution in [0.2, 0.25) is 0 Å². The van der Waals surface area contributed by atoms with Crippen LogP contribution in [0.15, 0.2) is 22.9 Å². The van der Waals surface area contributed by atoms with E-state index in [1.54, 1.807) is 6.20 Å². The summed E-state index contributed by atoms with van der Waals surface area (Å²) in [4.78, 5) is 4.11. The highest BCUT2D eigenvalue weighted by atomic mass is 79.9. The molecule has 2 N–H and O–H groups in total. The van der Waals surface area contributed by atoms with Gasteiger partial charge in [-0.25, -0.2) is 0 Å². The molecule has 0 unspecified atom stereocenters. The van der Waals surface area contributed by atoms with Crippen LogP contribution >= 0.6 is 15.9 Å². The van der Waals surface area contributed by atoms with Crippen LogP contribution < -0.4 is 5.32 Å². The molecule has 0 bridgehead atoms. The molecule has 1 aromatic rings. The molecule has 3 nitrogen and oxygen atoms in total. The second-order valence-corrected chi connectivity index (χ2v) is 5.07. The standard InChI is InChI=1S/C11H15BrN2O/c12-10-4-9(5-13-7-10)6-14-11(8-15)2-1-3-11/h4-5,7,14-15H,1-3,6,8H2. The van der Waals surface area contributed by atoms with E-state index in [2.05, 4.69) is 26.2 Å². The van der Waals surface area contributed by atoms with Crippen molar-refractivity contribution in [2.75, 3.05) is 6.61 Å². The van der Waals surface area contributed by atoms with E-state index in [1.807, 2.05) is 12.3 Å². The summed E-state index contributed by atoms with van der Waals surface area (Å²) in [6, 6.07) is 2.05. The molecule has 1 heterocycles. The summed E-state index contributed by atoms with van der Waals surface area (Å²) in [5, 5.41) is 12.7. The second kappa shape index (κ2) is 4.60. The van der Waals surface area contributed by atoms with E-state index >= 15 is 0 Å². The number of halogens is 1. The minimum atomic E-state index is -0.0255. The van der Waals surface area contributed by atoms with Crippen molar-refractivity contribution >= 4 is 15.9 Å². The average Bonchev–Trinajstić information content (AvgIpc) is 2.17. The molecular formula is C11H15BrN2O. The minimum absolute atomic E-state index is 0.0255. The lowest BCUT2D eigenvalue weighted by Crippen LogP contribution is -2.53. The first-order valence-corrected chi connectivity index (χ1v) is 5.99. The summed E-state index contributed by atoms with van der Waals surface area (Å²) >= 11 is 3.39. The van der Waals surface area contributed by atoms with Crippen LogP contribution in [0.5, 0.6) is 0 Å². The Morgan fingerprint density at radius 2 is 2.27 bits per heavy atom. The van der Waals surface area contributed by atoms with Crippen molar-refractivity contribution < 1.29 is 5.11 Å². The van der Waals surface area contributed by atoms with Gasteiger partial charge in [0, 0.05) is 29.0 Å². The average molecular weight is 271 g/mol. The first kappa shape index (κ1) is 11.0. The Hall–Kier alpha value is -0.450. The van der Waals surface area contributed by atoms with Crippen LogP contribution in [0.3, 0.4) is 0 Å². The number of nitrogens with one attached hydrogen (secondary N) is 1. The van der Waals surface area contributed by atoms with Gasteiger partial charge in [0.25, 0.3) is 0 Å². The molecule has 82 valence electrons. The number of aliphatic hydroxyl groups is 1. The maximum absolute atomic E-state index is 9.28. The van der Waals surface area contributed by atoms with Crippen molar-refractivity contribution in [3.63, 3.8) is 0 Å². The van der Waals surface area contributed by atoms with E-state index in [4.69, 9.17) is 0 Å². The molecule has 0 saturated heterocycles. The molecule has 0 aromatic carbocycles. The van der Waals surface area contributed by atoms with Gasteiger partial charge in [0.2, 0.25) is 0 Å². The van der Waals surface area contributed by atoms with Gasteiger partial charge in [-0.2, -0.15) is 0 Å². The maximum Gasteiger partial charge on any atom is 0.0613 e. The first-order chi connectivity index (χ1) is 7.24. The monoisotopic (exact) mass is 270 g/mol. The predicted octanol–water partition coefficient (Wildman–Crippen LogP) is 1.85. The third-order valence-electron chi connectivity index (χ3n) is 3.04. The summed E-state index contributed by atoms with van der Waals surface area (Å²) in [5.41, 5.74) is 1.12. The minimum Gasteiger partial charge on any atom is -0.394 e. The molecule has 1 aliphatic carbocycles. The molecule has 0 spiro atoms. The van der Waals surface area contributed by atoms with Crippen molar-refractivity contribution in [2.24, 2.45) is 0 Å². The molecule has 1 saturated carbocycles. The van der Waals surface area contributed by atoms with Gasteiger partial charge in [0.15, 0.2) is 0 Å². The van der Waals surface area contributed by atoms with Crippen molar-refractivity contribution in [2.45, 2.75) is 31.3 Å². The lowest BCUT2D eigenvalue weighted by Gasteiger charge is -2.41. The number of hydrogen-bond acceptors (Lipinski definition) is 3. The van der Waals surface area contributed by atoms with Gasteiger partial charge in [-0.15, -0.1) is 0 Å². The highest BCUT2D eigenvalue weighted by Gasteiger charge is 2.35. The third kappa shape index (κ3) is 2.56. The van der Waals surface area contributed by atoms with Gasteiger partial charge in [-0.3, -0.25) is 4.98 Å². The highest BCUT2D eigenvalue weighted by molar-refractivity contribution is 9.10. The van der Waals surface area contributed by atoms with Crippen molar-refractivity contribution in [1.29, 1.82) is 0 Å². The Balaban J connectivity index is 1.92. The zero-order valence-corrected chi connectivity index (χ0v) is 10.1. The van der Waals surface area contributed by atoms with E-state index in [0.717, 1.165) is 29.4 Å². The van der Waals surface area contributed by atoms with Gasteiger partial charge in [0.1, 0.15) is 0 Å². The van der Waals surface area contributed by atoms with Crippen LogP contribution in [0.4, 0.5) is 0 Å². The number of nitrogens with zero attached hydrogens (tertiary/aromatic N) is 1. The molecule has 1 aliphatic rings.